The highest BCUT2D eigenvalue weighted by Gasteiger charge is 2.35. The van der Waals surface area contributed by atoms with E-state index in [4.69, 9.17) is 4.74 Å². The van der Waals surface area contributed by atoms with Gasteiger partial charge in [0.2, 0.25) is 0 Å². The summed E-state index contributed by atoms with van der Waals surface area (Å²) in [4.78, 5) is 2.56. The minimum atomic E-state index is 0. The molecule has 4 heteroatoms. The summed E-state index contributed by atoms with van der Waals surface area (Å²) in [6.45, 7) is 5.89. The maximum atomic E-state index is 5.41. The molecular formula is C14H21ClN2O. The van der Waals surface area contributed by atoms with Gasteiger partial charge in [0.05, 0.1) is 7.11 Å². The second kappa shape index (κ2) is 5.91. The molecule has 0 unspecified atom stereocenters. The Bertz CT molecular complexity index is 387. The molecule has 1 aromatic carbocycles. The van der Waals surface area contributed by atoms with Crippen molar-refractivity contribution in [3.8, 4) is 5.75 Å². The molecule has 18 heavy (non-hydrogen) atoms. The molecule has 3 nitrogen and oxygen atoms in total. The highest BCUT2D eigenvalue weighted by atomic mass is 35.5. The molecular weight excluding hydrogens is 248 g/mol. The zero-order chi connectivity index (χ0) is 11.7. The third-order valence-electron chi connectivity index (χ3n) is 4.05. The van der Waals surface area contributed by atoms with Gasteiger partial charge in [-0.3, -0.25) is 4.90 Å². The summed E-state index contributed by atoms with van der Waals surface area (Å²) in [6.07, 6.45) is 0. The lowest BCUT2D eigenvalue weighted by molar-refractivity contribution is 0.298. The molecule has 2 fully saturated rings. The molecule has 0 spiro atoms. The number of hydrogen-bond donors (Lipinski definition) is 1. The largest absolute Gasteiger partial charge is 0.496 e. The Kier molecular flexibility index (Phi) is 4.49. The number of likely N-dealkylation sites (tertiary alicyclic amines) is 1. The number of nitrogens with zero attached hydrogens (tertiary/aromatic N) is 1. The van der Waals surface area contributed by atoms with Gasteiger partial charge in [-0.1, -0.05) is 18.2 Å². The van der Waals surface area contributed by atoms with Crippen molar-refractivity contribution < 1.29 is 4.74 Å². The number of fused-ring (bicyclic) bond motifs is 1. The number of ether oxygens (including phenoxy) is 1. The Hall–Kier alpha value is -0.770. The summed E-state index contributed by atoms with van der Waals surface area (Å²) in [5.41, 5.74) is 1.31. The van der Waals surface area contributed by atoms with Crippen molar-refractivity contribution in [2.45, 2.75) is 6.54 Å². The number of benzene rings is 1. The maximum Gasteiger partial charge on any atom is 0.123 e. The number of methoxy groups -OCH3 is 1. The molecule has 100 valence electrons. The SMILES string of the molecule is COc1ccccc1CN1C[C@H]2CNC[C@H]2C1.Cl. The predicted molar refractivity (Wildman–Crippen MR) is 75.4 cm³/mol. The molecule has 1 N–H and O–H groups in total. The lowest BCUT2D eigenvalue weighted by Crippen LogP contribution is -2.25. The molecule has 2 aliphatic rings. The first kappa shape index (κ1) is 13.7. The van der Waals surface area contributed by atoms with E-state index < -0.39 is 0 Å². The first-order chi connectivity index (χ1) is 8.36. The molecule has 0 radical (unpaired) electrons. The van der Waals surface area contributed by atoms with Crippen LogP contribution in [0.3, 0.4) is 0 Å². The number of para-hydroxylation sites is 1. The third kappa shape index (κ3) is 2.63. The fourth-order valence-corrected chi connectivity index (χ4v) is 3.16. The average Bonchev–Trinajstić information content (AvgIpc) is 2.90. The summed E-state index contributed by atoms with van der Waals surface area (Å²) in [5, 5.41) is 3.48. The predicted octanol–water partition coefficient (Wildman–Crippen LogP) is 1.77. The van der Waals surface area contributed by atoms with Gasteiger partial charge in [0.15, 0.2) is 0 Å². The van der Waals surface area contributed by atoms with Crippen molar-refractivity contribution in [3.63, 3.8) is 0 Å². The van der Waals surface area contributed by atoms with Gasteiger partial charge in [0.1, 0.15) is 5.75 Å². The monoisotopic (exact) mass is 268 g/mol. The van der Waals surface area contributed by atoms with Crippen molar-refractivity contribution in [2.24, 2.45) is 11.8 Å². The van der Waals surface area contributed by atoms with Crippen molar-refractivity contribution in [1.82, 2.24) is 10.2 Å². The molecule has 0 saturated carbocycles. The smallest absolute Gasteiger partial charge is 0.123 e. The number of halogens is 1. The quantitative estimate of drug-likeness (QED) is 0.904. The van der Waals surface area contributed by atoms with E-state index in [1.165, 1.54) is 31.7 Å². The molecule has 2 atom stereocenters. The maximum absolute atomic E-state index is 5.41. The fraction of sp³-hybridized carbons (Fsp3) is 0.571. The number of hydrogen-bond acceptors (Lipinski definition) is 3. The summed E-state index contributed by atoms with van der Waals surface area (Å²) in [6, 6.07) is 8.35. The van der Waals surface area contributed by atoms with E-state index in [1.807, 2.05) is 12.1 Å². The second-order valence-electron chi connectivity index (χ2n) is 5.18. The van der Waals surface area contributed by atoms with E-state index in [2.05, 4.69) is 22.3 Å². The molecule has 3 rings (SSSR count). The van der Waals surface area contributed by atoms with Crippen molar-refractivity contribution in [2.75, 3.05) is 33.3 Å². The van der Waals surface area contributed by atoms with E-state index in [0.29, 0.717) is 0 Å². The van der Waals surface area contributed by atoms with Crippen LogP contribution in [0.4, 0.5) is 0 Å². The minimum absolute atomic E-state index is 0. The van der Waals surface area contributed by atoms with E-state index >= 15 is 0 Å². The minimum Gasteiger partial charge on any atom is -0.496 e. The zero-order valence-corrected chi connectivity index (χ0v) is 11.6. The van der Waals surface area contributed by atoms with Crippen molar-refractivity contribution in [3.05, 3.63) is 29.8 Å². The van der Waals surface area contributed by atoms with E-state index in [1.54, 1.807) is 7.11 Å². The highest BCUT2D eigenvalue weighted by Crippen LogP contribution is 2.29. The number of rotatable bonds is 3. The van der Waals surface area contributed by atoms with Crippen LogP contribution in [0.1, 0.15) is 5.56 Å². The lowest BCUT2D eigenvalue weighted by Gasteiger charge is -2.18. The molecule has 2 saturated heterocycles. The van der Waals surface area contributed by atoms with Crippen LogP contribution in [0.25, 0.3) is 0 Å². The Balaban J connectivity index is 0.00000120. The summed E-state index contributed by atoms with van der Waals surface area (Å²) in [5.74, 6) is 2.75. The zero-order valence-electron chi connectivity index (χ0n) is 10.8. The Morgan fingerprint density at radius 2 is 1.89 bits per heavy atom. The van der Waals surface area contributed by atoms with Crippen LogP contribution in [0.5, 0.6) is 5.75 Å². The molecule has 0 aliphatic carbocycles. The lowest BCUT2D eigenvalue weighted by atomic mass is 10.0. The molecule has 2 aliphatic heterocycles. The Labute approximate surface area is 115 Å². The van der Waals surface area contributed by atoms with Crippen LogP contribution in [0.15, 0.2) is 24.3 Å². The van der Waals surface area contributed by atoms with Crippen molar-refractivity contribution in [1.29, 1.82) is 0 Å². The van der Waals surface area contributed by atoms with Gasteiger partial charge in [0.25, 0.3) is 0 Å². The van der Waals surface area contributed by atoms with E-state index in [0.717, 1.165) is 24.1 Å². The standard InChI is InChI=1S/C14H20N2O.ClH/c1-17-14-5-3-2-4-11(14)8-16-9-12-6-15-7-13(12)10-16;/h2-5,12-13,15H,6-10H2,1H3;1H/t12-,13+;. The normalized spacial score (nSPS) is 26.7. The first-order valence-electron chi connectivity index (χ1n) is 6.42. The molecule has 0 amide bonds. The molecule has 1 aromatic rings. The van der Waals surface area contributed by atoms with Gasteiger partial charge in [-0.15, -0.1) is 12.4 Å². The van der Waals surface area contributed by atoms with Crippen LogP contribution in [-0.4, -0.2) is 38.2 Å². The third-order valence-corrected chi connectivity index (χ3v) is 4.05. The highest BCUT2D eigenvalue weighted by molar-refractivity contribution is 5.85. The van der Waals surface area contributed by atoms with Crippen LogP contribution >= 0.6 is 12.4 Å². The fourth-order valence-electron chi connectivity index (χ4n) is 3.16. The molecule has 0 bridgehead atoms. The van der Waals surface area contributed by atoms with Gasteiger partial charge in [0, 0.05) is 25.2 Å². The summed E-state index contributed by atoms with van der Waals surface area (Å²) >= 11 is 0. The van der Waals surface area contributed by atoms with Crippen molar-refractivity contribution >= 4 is 12.4 Å². The van der Waals surface area contributed by atoms with Gasteiger partial charge in [-0.25, -0.2) is 0 Å². The Morgan fingerprint density at radius 1 is 1.22 bits per heavy atom. The van der Waals surface area contributed by atoms with Gasteiger partial charge in [-0.2, -0.15) is 0 Å². The van der Waals surface area contributed by atoms with Crippen LogP contribution in [-0.2, 0) is 6.54 Å². The second-order valence-corrected chi connectivity index (χ2v) is 5.18. The first-order valence-corrected chi connectivity index (χ1v) is 6.42. The average molecular weight is 269 g/mol. The van der Waals surface area contributed by atoms with E-state index in [9.17, 15) is 0 Å². The van der Waals surface area contributed by atoms with Crippen LogP contribution < -0.4 is 10.1 Å². The van der Waals surface area contributed by atoms with Gasteiger partial charge < -0.3 is 10.1 Å². The van der Waals surface area contributed by atoms with E-state index in [-0.39, 0.29) is 12.4 Å². The Morgan fingerprint density at radius 3 is 2.56 bits per heavy atom. The van der Waals surface area contributed by atoms with Crippen LogP contribution in [0.2, 0.25) is 0 Å². The topological polar surface area (TPSA) is 24.5 Å². The van der Waals surface area contributed by atoms with Crippen LogP contribution in [0, 0.1) is 11.8 Å². The number of nitrogens with one attached hydrogen (secondary N) is 1. The van der Waals surface area contributed by atoms with Gasteiger partial charge in [-0.05, 0) is 31.0 Å². The summed E-state index contributed by atoms with van der Waals surface area (Å²) in [7, 11) is 1.75. The molecule has 2 heterocycles. The van der Waals surface area contributed by atoms with Gasteiger partial charge >= 0.3 is 0 Å². The summed E-state index contributed by atoms with van der Waals surface area (Å²) < 4.78 is 5.41. The molecule has 0 aromatic heterocycles.